The molecular weight excluding hydrogens is 464 g/mol. The fraction of sp³-hybridized carbons (Fsp3) is 0.346. The number of rotatable bonds is 7. The van der Waals surface area contributed by atoms with E-state index in [1.165, 1.54) is 4.90 Å². The maximum absolute atomic E-state index is 12.6. The lowest BCUT2D eigenvalue weighted by molar-refractivity contribution is -0.153. The quantitative estimate of drug-likeness (QED) is 0.466. The fourth-order valence-corrected chi connectivity index (χ4v) is 5.78. The van der Waals surface area contributed by atoms with Crippen molar-refractivity contribution in [2.24, 2.45) is 5.92 Å². The van der Waals surface area contributed by atoms with Crippen molar-refractivity contribution >= 4 is 34.6 Å². The summed E-state index contributed by atoms with van der Waals surface area (Å²) in [5.74, 6) is 0.729. The van der Waals surface area contributed by atoms with Crippen molar-refractivity contribution in [2.45, 2.75) is 38.8 Å². The number of hydrogen-bond donors (Lipinski definition) is 3. The van der Waals surface area contributed by atoms with Crippen molar-refractivity contribution < 1.29 is 19.8 Å². The third-order valence-corrected chi connectivity index (χ3v) is 7.82. The molecule has 0 radical (unpaired) electrons. The molecule has 3 atom stereocenters. The Morgan fingerprint density at radius 2 is 1.77 bits per heavy atom. The minimum atomic E-state index is -1.83. The van der Waals surface area contributed by atoms with Crippen LogP contribution in [0, 0.1) is 12.8 Å². The number of benzene rings is 2. The summed E-state index contributed by atoms with van der Waals surface area (Å²) in [7, 11) is 0. The number of carbonyl (C=O) groups excluding carboxylic acids is 2. The van der Waals surface area contributed by atoms with Gasteiger partial charge in [-0.3, -0.25) is 9.59 Å². The summed E-state index contributed by atoms with van der Waals surface area (Å²) in [5.41, 5.74) is 4.09. The monoisotopic (exact) mass is 492 g/mol. The molecule has 0 saturated heterocycles. The maximum atomic E-state index is 12.6. The number of aliphatic hydroxyl groups is 2. The molecule has 2 aromatic carbocycles. The second-order valence-corrected chi connectivity index (χ2v) is 10.2. The zero-order valence-corrected chi connectivity index (χ0v) is 20.2. The predicted molar refractivity (Wildman–Crippen MR) is 134 cm³/mol. The first-order valence-electron chi connectivity index (χ1n) is 11.7. The summed E-state index contributed by atoms with van der Waals surface area (Å²) < 4.78 is 2.21. The standard InChI is InChI=1S/C26H28N4O4S/c1-16-28-21-8-4-5-9-22(21)30(16)12-17-10-20(35-15-17)11-27-25(33)23(31)24(32)26(34)29-13-18-6-2-3-7-19(18)14-29/h2-10,17,23-24,31-32H,11-15H2,1H3,(H,27,33)/t17?,23-,24-/m1/s1. The third kappa shape index (κ3) is 4.84. The van der Waals surface area contributed by atoms with Gasteiger partial charge in [0.15, 0.2) is 12.2 Å². The SMILES string of the molecule is Cc1nc2ccccc2n1CC1C=C(CNC(=O)[C@H](O)[C@@H](O)C(=O)N2Cc3ccccc3C2)SC1. The highest BCUT2D eigenvalue weighted by Gasteiger charge is 2.35. The number of allylic oxidation sites excluding steroid dienone is 1. The smallest absolute Gasteiger partial charge is 0.255 e. The Morgan fingerprint density at radius 1 is 1.09 bits per heavy atom. The predicted octanol–water partition coefficient (Wildman–Crippen LogP) is 1.97. The lowest BCUT2D eigenvalue weighted by atomic mass is 10.1. The molecule has 2 amide bonds. The second kappa shape index (κ2) is 9.85. The summed E-state index contributed by atoms with van der Waals surface area (Å²) >= 11 is 1.66. The maximum Gasteiger partial charge on any atom is 0.255 e. The van der Waals surface area contributed by atoms with E-state index in [-0.39, 0.29) is 12.5 Å². The van der Waals surface area contributed by atoms with Gasteiger partial charge in [-0.1, -0.05) is 42.5 Å². The van der Waals surface area contributed by atoms with Crippen LogP contribution in [0.15, 0.2) is 59.5 Å². The first kappa shape index (κ1) is 23.6. The van der Waals surface area contributed by atoms with Gasteiger partial charge >= 0.3 is 0 Å². The normalized spacial score (nSPS) is 18.9. The number of nitrogens with one attached hydrogen (secondary N) is 1. The Bertz CT molecular complexity index is 1280. The van der Waals surface area contributed by atoms with Gasteiger partial charge in [-0.2, -0.15) is 0 Å². The Kier molecular flexibility index (Phi) is 6.64. The van der Waals surface area contributed by atoms with Crippen molar-refractivity contribution in [3.05, 3.63) is 76.5 Å². The minimum Gasteiger partial charge on any atom is -0.380 e. The van der Waals surface area contributed by atoms with Gasteiger partial charge < -0.3 is 25.0 Å². The average Bonchev–Trinajstić information content (AvgIpc) is 3.58. The summed E-state index contributed by atoms with van der Waals surface area (Å²) in [6.07, 6.45) is -1.50. The number of aliphatic hydroxyl groups excluding tert-OH is 2. The summed E-state index contributed by atoms with van der Waals surface area (Å²) in [6.45, 7) is 3.76. The molecule has 3 aromatic rings. The number of carbonyl (C=O) groups is 2. The van der Waals surface area contributed by atoms with Gasteiger partial charge in [0.1, 0.15) is 5.82 Å². The highest BCUT2D eigenvalue weighted by molar-refractivity contribution is 8.03. The molecule has 0 bridgehead atoms. The van der Waals surface area contributed by atoms with Crippen LogP contribution in [-0.2, 0) is 29.2 Å². The van der Waals surface area contributed by atoms with Gasteiger partial charge in [0.2, 0.25) is 0 Å². The van der Waals surface area contributed by atoms with Crippen LogP contribution >= 0.6 is 11.8 Å². The number of para-hydroxylation sites is 2. The molecule has 8 nitrogen and oxygen atoms in total. The molecule has 35 heavy (non-hydrogen) atoms. The molecule has 1 unspecified atom stereocenters. The molecule has 5 rings (SSSR count). The van der Waals surface area contributed by atoms with Crippen molar-refractivity contribution in [3.63, 3.8) is 0 Å². The van der Waals surface area contributed by atoms with Crippen molar-refractivity contribution in [2.75, 3.05) is 12.3 Å². The molecule has 0 saturated carbocycles. The highest BCUT2D eigenvalue weighted by atomic mass is 32.2. The molecule has 2 aliphatic rings. The van der Waals surface area contributed by atoms with Gasteiger partial charge in [-0.25, -0.2) is 4.98 Å². The van der Waals surface area contributed by atoms with Gasteiger partial charge in [-0.15, -0.1) is 11.8 Å². The van der Waals surface area contributed by atoms with E-state index in [4.69, 9.17) is 0 Å². The number of thioether (sulfide) groups is 1. The van der Waals surface area contributed by atoms with Crippen LogP contribution in [0.5, 0.6) is 0 Å². The number of hydrogen-bond acceptors (Lipinski definition) is 6. The molecular formula is C26H28N4O4S. The zero-order valence-electron chi connectivity index (χ0n) is 19.4. The topological polar surface area (TPSA) is 108 Å². The van der Waals surface area contributed by atoms with Crippen molar-refractivity contribution in [3.8, 4) is 0 Å². The van der Waals surface area contributed by atoms with Gasteiger partial charge in [0, 0.05) is 42.8 Å². The van der Waals surface area contributed by atoms with Crippen LogP contribution in [-0.4, -0.2) is 61.0 Å². The lowest BCUT2D eigenvalue weighted by Crippen LogP contribution is -2.49. The van der Waals surface area contributed by atoms with Crippen LogP contribution in [0.4, 0.5) is 0 Å². The Morgan fingerprint density at radius 3 is 2.51 bits per heavy atom. The van der Waals surface area contributed by atoms with Crippen LogP contribution in [0.1, 0.15) is 17.0 Å². The summed E-state index contributed by atoms with van der Waals surface area (Å²) in [6, 6.07) is 15.7. The Balaban J connectivity index is 1.14. The number of imidazole rings is 1. The summed E-state index contributed by atoms with van der Waals surface area (Å²) in [5, 5.41) is 23.3. The first-order valence-corrected chi connectivity index (χ1v) is 12.6. The molecule has 182 valence electrons. The van der Waals surface area contributed by atoms with Crippen molar-refractivity contribution in [1.29, 1.82) is 0 Å². The fourth-order valence-electron chi connectivity index (χ4n) is 4.68. The number of fused-ring (bicyclic) bond motifs is 2. The van der Waals surface area contributed by atoms with Crippen LogP contribution in [0.3, 0.4) is 0 Å². The first-order chi connectivity index (χ1) is 16.9. The molecule has 0 aliphatic carbocycles. The number of aromatic nitrogens is 2. The second-order valence-electron chi connectivity index (χ2n) is 9.03. The van der Waals surface area contributed by atoms with E-state index in [1.54, 1.807) is 11.8 Å². The minimum absolute atomic E-state index is 0.247. The Hall–Kier alpha value is -3.14. The molecule has 0 fully saturated rings. The largest absolute Gasteiger partial charge is 0.380 e. The summed E-state index contributed by atoms with van der Waals surface area (Å²) in [4.78, 5) is 32.2. The van der Waals surface area contributed by atoms with E-state index in [0.29, 0.717) is 13.1 Å². The molecule has 9 heteroatoms. The van der Waals surface area contributed by atoms with Crippen molar-refractivity contribution in [1.82, 2.24) is 19.8 Å². The van der Waals surface area contributed by atoms with E-state index in [9.17, 15) is 19.8 Å². The molecule has 3 heterocycles. The molecule has 0 spiro atoms. The van der Waals surface area contributed by atoms with Gasteiger partial charge in [-0.05, 0) is 30.2 Å². The highest BCUT2D eigenvalue weighted by Crippen LogP contribution is 2.31. The molecule has 3 N–H and O–H groups in total. The van der Waals surface area contributed by atoms with Crippen LogP contribution in [0.25, 0.3) is 11.0 Å². The molecule has 1 aromatic heterocycles. The number of aryl methyl sites for hydroxylation is 1. The van der Waals surface area contributed by atoms with Crippen LogP contribution < -0.4 is 5.32 Å². The van der Waals surface area contributed by atoms with E-state index in [1.807, 2.05) is 49.4 Å². The van der Waals surface area contributed by atoms with E-state index in [2.05, 4.69) is 27.0 Å². The van der Waals surface area contributed by atoms with E-state index in [0.717, 1.165) is 45.2 Å². The van der Waals surface area contributed by atoms with Gasteiger partial charge in [0.05, 0.1) is 11.0 Å². The number of amides is 2. The number of nitrogens with zero attached hydrogens (tertiary/aromatic N) is 3. The van der Waals surface area contributed by atoms with E-state index < -0.39 is 24.0 Å². The van der Waals surface area contributed by atoms with Crippen LogP contribution in [0.2, 0.25) is 0 Å². The third-order valence-electron chi connectivity index (χ3n) is 6.58. The Labute approximate surface area is 207 Å². The molecule has 2 aliphatic heterocycles. The average molecular weight is 493 g/mol. The zero-order chi connectivity index (χ0) is 24.5. The van der Waals surface area contributed by atoms with E-state index >= 15 is 0 Å². The van der Waals surface area contributed by atoms with Gasteiger partial charge in [0.25, 0.3) is 11.8 Å². The lowest BCUT2D eigenvalue weighted by Gasteiger charge is -2.22.